The fourth-order valence-corrected chi connectivity index (χ4v) is 2.50. The van der Waals surface area contributed by atoms with Crippen molar-refractivity contribution >= 4 is 17.2 Å². The van der Waals surface area contributed by atoms with Crippen LogP contribution >= 0.6 is 11.3 Å². The third-order valence-corrected chi connectivity index (χ3v) is 3.78. The van der Waals surface area contributed by atoms with Gasteiger partial charge in [0.1, 0.15) is 0 Å². The van der Waals surface area contributed by atoms with E-state index in [0.29, 0.717) is 12.5 Å². The van der Waals surface area contributed by atoms with E-state index < -0.39 is 0 Å². The van der Waals surface area contributed by atoms with Crippen molar-refractivity contribution in [1.29, 1.82) is 0 Å². The zero-order valence-electron chi connectivity index (χ0n) is 10.4. The molecule has 0 fully saturated rings. The van der Waals surface area contributed by atoms with E-state index in [4.69, 9.17) is 0 Å². The highest BCUT2D eigenvalue weighted by Crippen LogP contribution is 2.23. The molecule has 3 nitrogen and oxygen atoms in total. The minimum Gasteiger partial charge on any atom is -0.349 e. The van der Waals surface area contributed by atoms with Crippen molar-refractivity contribution in [3.05, 3.63) is 21.9 Å². The third kappa shape index (κ3) is 3.61. The monoisotopic (exact) mass is 240 g/mol. The standard InChI is InChI=1S/C12H20N2OS/c1-9-6-8-16-12(9)10(2)13-7-5-11(15)14(3)4/h6,8,10,13H,5,7H2,1-4H3. The van der Waals surface area contributed by atoms with E-state index in [-0.39, 0.29) is 5.91 Å². The van der Waals surface area contributed by atoms with E-state index in [1.165, 1.54) is 10.4 Å². The van der Waals surface area contributed by atoms with E-state index in [0.717, 1.165) is 6.54 Å². The molecule has 1 atom stereocenters. The van der Waals surface area contributed by atoms with Gasteiger partial charge in [0.2, 0.25) is 5.91 Å². The van der Waals surface area contributed by atoms with Crippen LogP contribution in [0.3, 0.4) is 0 Å². The van der Waals surface area contributed by atoms with Crippen LogP contribution in [0.25, 0.3) is 0 Å². The average molecular weight is 240 g/mol. The molecule has 1 aromatic rings. The number of carbonyl (C=O) groups is 1. The Hall–Kier alpha value is -0.870. The first-order valence-electron chi connectivity index (χ1n) is 5.50. The summed E-state index contributed by atoms with van der Waals surface area (Å²) < 4.78 is 0. The zero-order chi connectivity index (χ0) is 12.1. The molecule has 1 unspecified atom stereocenters. The molecule has 1 rings (SSSR count). The van der Waals surface area contributed by atoms with Crippen molar-refractivity contribution in [1.82, 2.24) is 10.2 Å². The molecule has 0 spiro atoms. The Morgan fingerprint density at radius 2 is 2.25 bits per heavy atom. The normalized spacial score (nSPS) is 12.5. The molecule has 1 N–H and O–H groups in total. The Morgan fingerprint density at radius 1 is 1.56 bits per heavy atom. The molecule has 0 aliphatic carbocycles. The van der Waals surface area contributed by atoms with E-state index in [1.807, 2.05) is 0 Å². The summed E-state index contributed by atoms with van der Waals surface area (Å²) in [6.07, 6.45) is 0.557. The van der Waals surface area contributed by atoms with Crippen LogP contribution in [0.15, 0.2) is 11.4 Å². The van der Waals surface area contributed by atoms with Crippen LogP contribution in [-0.2, 0) is 4.79 Å². The van der Waals surface area contributed by atoms with Crippen LogP contribution in [-0.4, -0.2) is 31.4 Å². The molecule has 1 aromatic heterocycles. The second-order valence-electron chi connectivity index (χ2n) is 4.18. The largest absolute Gasteiger partial charge is 0.349 e. The van der Waals surface area contributed by atoms with Gasteiger partial charge in [-0.1, -0.05) is 0 Å². The molecular formula is C12H20N2OS. The van der Waals surface area contributed by atoms with Gasteiger partial charge in [0.25, 0.3) is 0 Å². The molecule has 16 heavy (non-hydrogen) atoms. The number of aryl methyl sites for hydroxylation is 1. The number of hydrogen-bond donors (Lipinski definition) is 1. The number of nitrogens with one attached hydrogen (secondary N) is 1. The number of nitrogens with zero attached hydrogens (tertiary/aromatic N) is 1. The summed E-state index contributed by atoms with van der Waals surface area (Å²) in [7, 11) is 3.57. The predicted octanol–water partition coefficient (Wildman–Crippen LogP) is 2.19. The topological polar surface area (TPSA) is 32.3 Å². The Kier molecular flexibility index (Phi) is 4.96. The van der Waals surface area contributed by atoms with Crippen LogP contribution in [0.4, 0.5) is 0 Å². The quantitative estimate of drug-likeness (QED) is 0.855. The SMILES string of the molecule is Cc1ccsc1C(C)NCCC(=O)N(C)C. The van der Waals surface area contributed by atoms with Crippen LogP contribution in [0.5, 0.6) is 0 Å². The summed E-state index contributed by atoms with van der Waals surface area (Å²) in [4.78, 5) is 14.4. The number of amides is 1. The summed E-state index contributed by atoms with van der Waals surface area (Å²) in [5, 5.41) is 5.48. The fraction of sp³-hybridized carbons (Fsp3) is 0.583. The number of rotatable bonds is 5. The Balaban J connectivity index is 2.34. The minimum atomic E-state index is 0.169. The minimum absolute atomic E-state index is 0.169. The Labute approximate surface area is 101 Å². The molecule has 90 valence electrons. The first-order valence-corrected chi connectivity index (χ1v) is 6.38. The second-order valence-corrected chi connectivity index (χ2v) is 5.13. The maximum atomic E-state index is 11.4. The third-order valence-electron chi connectivity index (χ3n) is 2.58. The van der Waals surface area contributed by atoms with Crippen LogP contribution in [0, 0.1) is 6.92 Å². The van der Waals surface area contributed by atoms with Gasteiger partial charge >= 0.3 is 0 Å². The predicted molar refractivity (Wildman–Crippen MR) is 68.8 cm³/mol. The summed E-state index contributed by atoms with van der Waals surface area (Å²) in [5.74, 6) is 0.169. The van der Waals surface area contributed by atoms with Gasteiger partial charge < -0.3 is 10.2 Å². The fourth-order valence-electron chi connectivity index (χ4n) is 1.54. The van der Waals surface area contributed by atoms with Gasteiger partial charge in [0.15, 0.2) is 0 Å². The molecule has 0 aromatic carbocycles. The van der Waals surface area contributed by atoms with Crippen molar-refractivity contribution < 1.29 is 4.79 Å². The van der Waals surface area contributed by atoms with E-state index in [2.05, 4.69) is 30.6 Å². The van der Waals surface area contributed by atoms with Gasteiger partial charge in [-0.25, -0.2) is 0 Å². The lowest BCUT2D eigenvalue weighted by Crippen LogP contribution is -2.27. The number of thiophene rings is 1. The summed E-state index contributed by atoms with van der Waals surface area (Å²) in [6.45, 7) is 4.99. The second kappa shape index (κ2) is 6.01. The number of carbonyl (C=O) groups excluding carboxylic acids is 1. The highest BCUT2D eigenvalue weighted by Gasteiger charge is 2.10. The van der Waals surface area contributed by atoms with Crippen molar-refractivity contribution in [2.24, 2.45) is 0 Å². The molecular weight excluding hydrogens is 220 g/mol. The molecule has 0 bridgehead atoms. The maximum absolute atomic E-state index is 11.4. The lowest BCUT2D eigenvalue weighted by molar-refractivity contribution is -0.128. The first-order chi connectivity index (χ1) is 7.52. The summed E-state index contributed by atoms with van der Waals surface area (Å²) in [5.41, 5.74) is 1.32. The molecule has 1 heterocycles. The molecule has 4 heteroatoms. The first kappa shape index (κ1) is 13.2. The highest BCUT2D eigenvalue weighted by molar-refractivity contribution is 7.10. The summed E-state index contributed by atoms with van der Waals surface area (Å²) >= 11 is 1.76. The molecule has 1 amide bonds. The molecule has 0 aliphatic heterocycles. The molecule has 0 saturated heterocycles. The van der Waals surface area contributed by atoms with Crippen molar-refractivity contribution in [3.63, 3.8) is 0 Å². The van der Waals surface area contributed by atoms with E-state index in [1.54, 1.807) is 30.3 Å². The van der Waals surface area contributed by atoms with E-state index in [9.17, 15) is 4.79 Å². The van der Waals surface area contributed by atoms with Crippen LogP contribution in [0.1, 0.15) is 29.8 Å². The summed E-state index contributed by atoms with van der Waals surface area (Å²) in [6, 6.07) is 2.46. The number of hydrogen-bond acceptors (Lipinski definition) is 3. The zero-order valence-corrected chi connectivity index (χ0v) is 11.2. The van der Waals surface area contributed by atoms with Gasteiger partial charge in [-0.05, 0) is 30.9 Å². The molecule has 0 radical (unpaired) electrons. The van der Waals surface area contributed by atoms with Crippen LogP contribution < -0.4 is 5.32 Å². The molecule has 0 aliphatic rings. The average Bonchev–Trinajstić information content (AvgIpc) is 2.64. The van der Waals surface area contributed by atoms with Crippen molar-refractivity contribution in [2.75, 3.05) is 20.6 Å². The van der Waals surface area contributed by atoms with Gasteiger partial charge in [-0.3, -0.25) is 4.79 Å². The highest BCUT2D eigenvalue weighted by atomic mass is 32.1. The maximum Gasteiger partial charge on any atom is 0.223 e. The lowest BCUT2D eigenvalue weighted by atomic mass is 10.2. The van der Waals surface area contributed by atoms with Gasteiger partial charge in [0, 0.05) is 38.0 Å². The van der Waals surface area contributed by atoms with Gasteiger partial charge in [-0.15, -0.1) is 11.3 Å². The van der Waals surface area contributed by atoms with E-state index >= 15 is 0 Å². The van der Waals surface area contributed by atoms with Crippen molar-refractivity contribution in [3.8, 4) is 0 Å². The van der Waals surface area contributed by atoms with Gasteiger partial charge in [-0.2, -0.15) is 0 Å². The van der Waals surface area contributed by atoms with Crippen molar-refractivity contribution in [2.45, 2.75) is 26.3 Å². The van der Waals surface area contributed by atoms with Crippen LogP contribution in [0.2, 0.25) is 0 Å². The van der Waals surface area contributed by atoms with Gasteiger partial charge in [0.05, 0.1) is 0 Å². The molecule has 0 saturated carbocycles. The lowest BCUT2D eigenvalue weighted by Gasteiger charge is -2.15. The Bertz CT molecular complexity index is 347. The smallest absolute Gasteiger partial charge is 0.223 e. The Morgan fingerprint density at radius 3 is 2.75 bits per heavy atom.